The van der Waals surface area contributed by atoms with Crippen LogP contribution in [-0.4, -0.2) is 51.4 Å². The van der Waals surface area contributed by atoms with E-state index in [9.17, 15) is 9.90 Å². The zero-order chi connectivity index (χ0) is 14.4. The van der Waals surface area contributed by atoms with Crippen molar-refractivity contribution in [2.24, 2.45) is 17.8 Å². The smallest absolute Gasteiger partial charge is 0.132 e. The summed E-state index contributed by atoms with van der Waals surface area (Å²) in [4.78, 5) is 11.4. The number of hydrogen-bond donors (Lipinski definition) is 2. The number of rotatable bonds is 8. The molecule has 4 nitrogen and oxygen atoms in total. The summed E-state index contributed by atoms with van der Waals surface area (Å²) in [5, 5.41) is 18.8. The fraction of sp³-hybridized carbons (Fsp3) is 0.909. The van der Waals surface area contributed by atoms with Crippen molar-refractivity contribution in [3.05, 3.63) is 0 Å². The van der Waals surface area contributed by atoms with Gasteiger partial charge in [-0.05, 0) is 52.0 Å². The second kappa shape index (κ2) is 7.41. The van der Waals surface area contributed by atoms with Crippen LogP contribution in [0.5, 0.6) is 0 Å². The summed E-state index contributed by atoms with van der Waals surface area (Å²) < 4.78 is 19.4. The molecule has 1 rings (SSSR count). The van der Waals surface area contributed by atoms with Crippen LogP contribution in [0.4, 0.5) is 0 Å². The van der Waals surface area contributed by atoms with Crippen LogP contribution in [0.2, 0.25) is 0 Å². The van der Waals surface area contributed by atoms with Gasteiger partial charge in [0, 0.05) is 5.92 Å². The number of carbonyl (C=O) groups is 1. The molecule has 4 atom stereocenters. The van der Waals surface area contributed by atoms with Gasteiger partial charge in [0.25, 0.3) is 0 Å². The molecule has 98 valence electrons. The van der Waals surface area contributed by atoms with Crippen LogP contribution in [-0.2, 0) is 8.98 Å². The highest BCUT2D eigenvalue weighted by molar-refractivity contribution is 7.95. The van der Waals surface area contributed by atoms with E-state index in [4.69, 9.17) is 12.0 Å². The third kappa shape index (κ3) is 4.28. The topological polar surface area (TPSA) is 66.8 Å². The first-order valence-electron chi connectivity index (χ1n) is 6.99. The molecule has 0 aromatic carbocycles. The maximum atomic E-state index is 11.4. The molecule has 0 spiro atoms. The molecule has 0 saturated heterocycles. The zero-order valence-electron chi connectivity index (χ0n) is 12.0. The van der Waals surface area contributed by atoms with Crippen molar-refractivity contribution in [3.8, 4) is 0 Å². The minimum Gasteiger partial charge on any atom is -0.394 e. The Morgan fingerprint density at radius 1 is 1.82 bits per heavy atom. The van der Waals surface area contributed by atoms with Crippen molar-refractivity contribution in [2.75, 3.05) is 18.9 Å². The molecule has 0 heterocycles. The molecule has 0 aromatic heterocycles. The average Bonchev–Trinajstić information content (AvgIpc) is 2.77. The van der Waals surface area contributed by atoms with Gasteiger partial charge in [-0.25, -0.2) is 0 Å². The van der Waals surface area contributed by atoms with Crippen LogP contribution in [0.25, 0.3) is 0 Å². The summed E-state index contributed by atoms with van der Waals surface area (Å²) in [6.07, 6.45) is 0.445. The van der Waals surface area contributed by atoms with Crippen LogP contribution >= 0.6 is 12.0 Å². The van der Waals surface area contributed by atoms with Crippen LogP contribution < -0.4 is 0 Å². The molecule has 1 fully saturated rings. The van der Waals surface area contributed by atoms with Gasteiger partial charge in [0.05, 0.1) is 19.3 Å². The Labute approximate surface area is 110 Å². The Hall–Kier alpha value is -0.0351. The Balaban J connectivity index is 2.45. The van der Waals surface area contributed by atoms with Gasteiger partial charge < -0.3 is 14.4 Å². The van der Waals surface area contributed by atoms with Gasteiger partial charge in [0.15, 0.2) is 0 Å². The normalized spacial score (nSPS) is 31.8. The van der Waals surface area contributed by atoms with Crippen molar-refractivity contribution in [1.29, 1.82) is 2.67 Å². The van der Waals surface area contributed by atoms with E-state index in [1.807, 2.05) is 0 Å². The lowest BCUT2D eigenvalue weighted by atomic mass is 9.91. The standard InChI is InChI=1S/C11H21BO4S/c1-7(14)8-2-9(5-16-17-6-12)10(3-8)11(15)4-13/h8-11,13,15H,2-6,12H2,1H3/t8-,9-,10+,11?/m0/s1/i12TD. The van der Waals surface area contributed by atoms with Crippen LogP contribution in [0.15, 0.2) is 0 Å². The molecule has 1 saturated carbocycles. The predicted molar refractivity (Wildman–Crippen MR) is 70.4 cm³/mol. The van der Waals surface area contributed by atoms with Gasteiger partial charge in [0.1, 0.15) is 13.6 Å². The predicted octanol–water partition coefficient (Wildman–Crippen LogP) is -0.174. The lowest BCUT2D eigenvalue weighted by molar-refractivity contribution is -0.120. The SMILES string of the molecule is [2H]B([3H])CSOC[C@@H]1C[C@H](C(C)=O)C[C@H]1C(O)CO. The minimum atomic E-state index is -0.919. The minimum absolute atomic E-state index is 0.0402. The Bertz CT molecular complexity index is 296. The van der Waals surface area contributed by atoms with E-state index in [1.165, 1.54) is 0 Å². The number of aliphatic hydroxyl groups excluding tert-OH is 2. The lowest BCUT2D eigenvalue weighted by Crippen LogP contribution is -2.29. The zero-order valence-corrected chi connectivity index (χ0v) is 10.9. The highest BCUT2D eigenvalue weighted by Crippen LogP contribution is 2.39. The monoisotopic (exact) mass is 263 g/mol. The van der Waals surface area contributed by atoms with Crippen LogP contribution in [0.3, 0.4) is 0 Å². The molecule has 17 heavy (non-hydrogen) atoms. The van der Waals surface area contributed by atoms with Gasteiger partial charge in [-0.3, -0.25) is 4.79 Å². The van der Waals surface area contributed by atoms with Crippen molar-refractivity contribution in [3.63, 3.8) is 0 Å². The first-order valence-corrected chi connectivity index (χ1v) is 6.75. The van der Waals surface area contributed by atoms with E-state index in [-0.39, 0.29) is 35.8 Å². The van der Waals surface area contributed by atoms with E-state index in [1.54, 1.807) is 6.92 Å². The fourth-order valence-electron chi connectivity index (χ4n) is 2.47. The number of ketones is 1. The molecular formula is C11H21BO4S. The number of aliphatic hydroxyl groups is 2. The Morgan fingerprint density at radius 2 is 2.59 bits per heavy atom. The van der Waals surface area contributed by atoms with Crippen molar-refractivity contribution >= 4 is 25.6 Å². The second-order valence-corrected chi connectivity index (χ2v) is 5.33. The number of carbonyl (C=O) groups excluding carboxylic acids is 1. The first kappa shape index (κ1) is 12.0. The molecule has 2 N–H and O–H groups in total. The third-order valence-corrected chi connectivity index (χ3v) is 3.88. The molecule has 1 aliphatic rings. The summed E-state index contributed by atoms with van der Waals surface area (Å²) in [6.45, 7) is 1.62. The Morgan fingerprint density at radius 3 is 3.18 bits per heavy atom. The quantitative estimate of drug-likeness (QED) is 0.361. The summed E-state index contributed by atoms with van der Waals surface area (Å²) in [5.41, 5.74) is 0.274. The molecular weight excluding hydrogens is 239 g/mol. The summed E-state index contributed by atoms with van der Waals surface area (Å²) in [7, 11) is -0.919. The molecule has 0 aliphatic heterocycles. The maximum absolute atomic E-state index is 11.4. The second-order valence-electron chi connectivity index (χ2n) is 4.52. The fourth-order valence-corrected chi connectivity index (χ4v) is 2.84. The first-order chi connectivity index (χ1) is 8.95. The van der Waals surface area contributed by atoms with Gasteiger partial charge in [0.2, 0.25) is 0 Å². The van der Waals surface area contributed by atoms with Gasteiger partial charge in [-0.1, -0.05) is 0 Å². The van der Waals surface area contributed by atoms with Gasteiger partial charge >= 0.3 is 0 Å². The van der Waals surface area contributed by atoms with E-state index in [0.29, 0.717) is 19.4 Å². The molecule has 6 heteroatoms. The lowest BCUT2D eigenvalue weighted by Gasteiger charge is -2.22. The summed E-state index contributed by atoms with van der Waals surface area (Å²) >= 11 is 1.08. The highest BCUT2D eigenvalue weighted by atomic mass is 32.2. The van der Waals surface area contributed by atoms with E-state index in [2.05, 4.69) is 0 Å². The van der Waals surface area contributed by atoms with Gasteiger partial charge in [-0.15, -0.1) is 0 Å². The molecule has 1 unspecified atom stereocenters. The van der Waals surface area contributed by atoms with Crippen molar-refractivity contribution in [1.82, 2.24) is 0 Å². The third-order valence-electron chi connectivity index (χ3n) is 3.44. The maximum Gasteiger partial charge on any atom is 0.132 e. The van der Waals surface area contributed by atoms with Gasteiger partial charge in [-0.2, -0.15) is 0 Å². The summed E-state index contributed by atoms with van der Waals surface area (Å²) in [5.74, 6) is -0.0339. The average molecular weight is 263 g/mol. The van der Waals surface area contributed by atoms with E-state index < -0.39 is 13.9 Å². The van der Waals surface area contributed by atoms with Crippen LogP contribution in [0.1, 0.15) is 19.8 Å². The molecule has 0 bridgehead atoms. The molecule has 0 radical (unpaired) electrons. The number of Topliss-reactive ketones (excluding diaryl/α,β-unsaturated/α-hetero) is 1. The largest absolute Gasteiger partial charge is 0.394 e. The van der Waals surface area contributed by atoms with Crippen molar-refractivity contribution in [2.45, 2.75) is 25.9 Å². The van der Waals surface area contributed by atoms with Crippen molar-refractivity contribution < 1.29 is 19.2 Å². The van der Waals surface area contributed by atoms with E-state index >= 15 is 0 Å². The molecule has 0 aromatic rings. The van der Waals surface area contributed by atoms with Crippen LogP contribution in [0, 0.1) is 17.8 Å². The Kier molecular flexibility index (Phi) is 5.24. The number of hydrogen-bond acceptors (Lipinski definition) is 5. The molecule has 0 amide bonds. The summed E-state index contributed by atoms with van der Waals surface area (Å²) in [6, 6.07) is 0. The highest BCUT2D eigenvalue weighted by Gasteiger charge is 2.39. The van der Waals surface area contributed by atoms with E-state index in [0.717, 1.165) is 12.0 Å². The molecule has 1 aliphatic carbocycles.